The zero-order valence-corrected chi connectivity index (χ0v) is 16.6. The van der Waals surface area contributed by atoms with Crippen molar-refractivity contribution in [3.05, 3.63) is 24.0 Å². The van der Waals surface area contributed by atoms with E-state index in [4.69, 9.17) is 4.74 Å². The summed E-state index contributed by atoms with van der Waals surface area (Å²) >= 11 is 0. The third kappa shape index (κ3) is 5.79. The minimum absolute atomic E-state index is 0.0237. The zero-order chi connectivity index (χ0) is 20.7. The first kappa shape index (κ1) is 21.9. The molecule has 2 saturated heterocycles. The van der Waals surface area contributed by atoms with Crippen LogP contribution in [0.15, 0.2) is 18.2 Å². The summed E-state index contributed by atoms with van der Waals surface area (Å²) in [6.07, 6.45) is -0.486. The van der Waals surface area contributed by atoms with E-state index in [1.54, 1.807) is 21.9 Å². The van der Waals surface area contributed by atoms with Crippen LogP contribution in [0.1, 0.15) is 20.8 Å². The average Bonchev–Trinajstić information content (AvgIpc) is 2.68. The number of morpholine rings is 1. The lowest BCUT2D eigenvalue weighted by Gasteiger charge is -2.35. The van der Waals surface area contributed by atoms with E-state index in [-0.39, 0.29) is 32.1 Å². The molecule has 0 aliphatic carbocycles. The lowest BCUT2D eigenvalue weighted by Crippen LogP contribution is -2.49. The van der Waals surface area contributed by atoms with E-state index >= 15 is 0 Å². The molecular weight excluding hydrogens is 370 g/mol. The number of rotatable bonds is 4. The molecule has 1 aromatic rings. The van der Waals surface area contributed by atoms with Gasteiger partial charge in [0, 0.05) is 38.8 Å². The van der Waals surface area contributed by atoms with Gasteiger partial charge < -0.3 is 19.9 Å². The number of piperazine rings is 1. The predicted molar refractivity (Wildman–Crippen MR) is 103 cm³/mol. The number of carbonyl (C=O) groups excluding carboxylic acids is 2. The Balaban J connectivity index is 0.00000136. The molecule has 1 atom stereocenters. The molecular formula is C19H28F2N4O3. The first-order valence-electron chi connectivity index (χ1n) is 9.56. The van der Waals surface area contributed by atoms with Gasteiger partial charge in [-0.1, -0.05) is 13.8 Å². The topological polar surface area (TPSA) is 65.1 Å². The van der Waals surface area contributed by atoms with Gasteiger partial charge in [0.15, 0.2) is 0 Å². The molecule has 0 radical (unpaired) electrons. The van der Waals surface area contributed by atoms with Gasteiger partial charge in [-0.3, -0.25) is 9.59 Å². The van der Waals surface area contributed by atoms with Gasteiger partial charge in [0.25, 0.3) is 0 Å². The Bertz CT molecular complexity index is 681. The Morgan fingerprint density at radius 2 is 1.89 bits per heavy atom. The highest BCUT2D eigenvalue weighted by molar-refractivity contribution is 5.78. The SMILES string of the molecule is CC.CC(=O)NCC1CN(c2ccc(N3CCN(F)CC3)c(F)c2)CC(=O)O1. The largest absolute Gasteiger partial charge is 0.457 e. The molecule has 1 amide bonds. The second-order valence-corrected chi connectivity index (χ2v) is 6.46. The quantitative estimate of drug-likeness (QED) is 0.616. The number of nitrogens with one attached hydrogen (secondary N) is 1. The number of hydrogen-bond donors (Lipinski definition) is 1. The van der Waals surface area contributed by atoms with E-state index in [1.807, 2.05) is 13.8 Å². The van der Waals surface area contributed by atoms with Crippen molar-refractivity contribution in [1.29, 1.82) is 0 Å². The van der Waals surface area contributed by atoms with E-state index in [9.17, 15) is 18.5 Å². The van der Waals surface area contributed by atoms with Crippen molar-refractivity contribution in [1.82, 2.24) is 10.4 Å². The molecule has 0 saturated carbocycles. The molecule has 2 fully saturated rings. The molecule has 3 rings (SSSR count). The number of benzene rings is 1. The van der Waals surface area contributed by atoms with E-state index in [2.05, 4.69) is 5.32 Å². The summed E-state index contributed by atoms with van der Waals surface area (Å²) in [6, 6.07) is 4.78. The molecule has 1 N–H and O–H groups in total. The van der Waals surface area contributed by atoms with Crippen molar-refractivity contribution >= 4 is 23.3 Å². The van der Waals surface area contributed by atoms with Gasteiger partial charge in [-0.05, 0) is 18.2 Å². The molecule has 0 spiro atoms. The summed E-state index contributed by atoms with van der Waals surface area (Å²) in [4.78, 5) is 26.4. The summed E-state index contributed by atoms with van der Waals surface area (Å²) < 4.78 is 32.9. The van der Waals surface area contributed by atoms with Gasteiger partial charge in [0.1, 0.15) is 18.5 Å². The Hall–Kier alpha value is -2.42. The summed E-state index contributed by atoms with van der Waals surface area (Å²) in [5.74, 6) is -1.04. The number of ether oxygens (including phenoxy) is 1. The lowest BCUT2D eigenvalue weighted by atomic mass is 10.2. The number of hydrogen-bond acceptors (Lipinski definition) is 6. The molecule has 2 heterocycles. The Kier molecular flexibility index (Phi) is 7.98. The van der Waals surface area contributed by atoms with Crippen LogP contribution in [0.5, 0.6) is 0 Å². The minimum atomic E-state index is -0.486. The van der Waals surface area contributed by atoms with Crippen molar-refractivity contribution in [2.24, 2.45) is 0 Å². The second-order valence-electron chi connectivity index (χ2n) is 6.46. The summed E-state index contributed by atoms with van der Waals surface area (Å²) in [6.45, 7) is 7.31. The molecule has 7 nitrogen and oxygen atoms in total. The van der Waals surface area contributed by atoms with Crippen LogP contribution < -0.4 is 15.1 Å². The van der Waals surface area contributed by atoms with Crippen LogP contribution in [0.4, 0.5) is 20.2 Å². The van der Waals surface area contributed by atoms with E-state index in [0.717, 1.165) is 5.12 Å². The Labute approximate surface area is 164 Å². The van der Waals surface area contributed by atoms with Crippen molar-refractivity contribution in [2.45, 2.75) is 26.9 Å². The van der Waals surface area contributed by atoms with Crippen LogP contribution in [-0.4, -0.2) is 68.9 Å². The molecule has 0 bridgehead atoms. The highest BCUT2D eigenvalue weighted by Crippen LogP contribution is 2.27. The Morgan fingerprint density at radius 3 is 2.50 bits per heavy atom. The number of cyclic esters (lactones) is 1. The normalized spacial score (nSPS) is 20.2. The highest BCUT2D eigenvalue weighted by Gasteiger charge is 2.28. The molecule has 156 valence electrons. The van der Waals surface area contributed by atoms with E-state index < -0.39 is 17.9 Å². The van der Waals surface area contributed by atoms with Gasteiger partial charge in [-0.2, -0.15) is 0 Å². The van der Waals surface area contributed by atoms with Crippen LogP contribution in [0, 0.1) is 5.82 Å². The monoisotopic (exact) mass is 398 g/mol. The van der Waals surface area contributed by atoms with Gasteiger partial charge in [0.2, 0.25) is 5.91 Å². The van der Waals surface area contributed by atoms with E-state index in [1.165, 1.54) is 13.0 Å². The molecule has 2 aliphatic rings. The predicted octanol–water partition coefficient (Wildman–Crippen LogP) is 1.73. The summed E-state index contributed by atoms with van der Waals surface area (Å²) in [5.41, 5.74) is 0.996. The van der Waals surface area contributed by atoms with Crippen molar-refractivity contribution in [3.8, 4) is 0 Å². The first-order chi connectivity index (χ1) is 13.4. The summed E-state index contributed by atoms with van der Waals surface area (Å²) in [5, 5.41) is 3.34. The van der Waals surface area contributed by atoms with Crippen LogP contribution in [0.3, 0.4) is 0 Å². The number of esters is 1. The number of nitrogens with zero attached hydrogens (tertiary/aromatic N) is 3. The average molecular weight is 398 g/mol. The second kappa shape index (κ2) is 10.2. The molecule has 1 aromatic carbocycles. The first-order valence-corrected chi connectivity index (χ1v) is 9.56. The van der Waals surface area contributed by atoms with Crippen molar-refractivity contribution in [2.75, 3.05) is 55.6 Å². The lowest BCUT2D eigenvalue weighted by molar-refractivity contribution is -0.150. The fourth-order valence-electron chi connectivity index (χ4n) is 3.16. The third-order valence-corrected chi connectivity index (χ3v) is 4.48. The molecule has 0 aromatic heterocycles. The number of halogens is 2. The van der Waals surface area contributed by atoms with Crippen LogP contribution >= 0.6 is 0 Å². The van der Waals surface area contributed by atoms with Gasteiger partial charge in [-0.25, -0.2) is 4.39 Å². The fourth-order valence-corrected chi connectivity index (χ4v) is 3.16. The number of carbonyl (C=O) groups is 2. The van der Waals surface area contributed by atoms with Crippen LogP contribution in [0.25, 0.3) is 0 Å². The molecule has 2 aliphatic heterocycles. The van der Waals surface area contributed by atoms with Crippen molar-refractivity contribution in [3.63, 3.8) is 0 Å². The molecule has 1 unspecified atom stereocenters. The highest BCUT2D eigenvalue weighted by atomic mass is 19.2. The van der Waals surface area contributed by atoms with Gasteiger partial charge >= 0.3 is 5.97 Å². The van der Waals surface area contributed by atoms with Crippen LogP contribution in [-0.2, 0) is 14.3 Å². The fraction of sp³-hybridized carbons (Fsp3) is 0.579. The van der Waals surface area contributed by atoms with Gasteiger partial charge in [0.05, 0.1) is 18.8 Å². The maximum Gasteiger partial charge on any atom is 0.325 e. The molecule has 9 heteroatoms. The summed E-state index contributed by atoms with van der Waals surface area (Å²) in [7, 11) is 0. The minimum Gasteiger partial charge on any atom is -0.457 e. The van der Waals surface area contributed by atoms with Crippen molar-refractivity contribution < 1.29 is 23.2 Å². The Morgan fingerprint density at radius 1 is 1.21 bits per heavy atom. The number of anilines is 2. The third-order valence-electron chi connectivity index (χ3n) is 4.48. The molecule has 28 heavy (non-hydrogen) atoms. The smallest absolute Gasteiger partial charge is 0.325 e. The van der Waals surface area contributed by atoms with Gasteiger partial charge in [-0.15, -0.1) is 9.60 Å². The maximum atomic E-state index is 14.6. The van der Waals surface area contributed by atoms with Crippen LogP contribution in [0.2, 0.25) is 0 Å². The van der Waals surface area contributed by atoms with E-state index in [0.29, 0.717) is 31.0 Å². The number of amides is 1. The standard InChI is InChI=1S/C17H22F2N4O3.C2H6/c1-12(24)20-9-14-10-22(11-17(25)26-14)13-2-3-16(15(18)8-13)21-4-6-23(19)7-5-21;1-2/h2-3,8,14H,4-7,9-11H2,1H3,(H,20,24);1-2H3. The maximum absolute atomic E-state index is 14.6. The zero-order valence-electron chi connectivity index (χ0n) is 16.6.